The smallest absolute Gasteiger partial charge is 0.0351 e. The van der Waals surface area contributed by atoms with E-state index in [0.29, 0.717) is 0 Å². The van der Waals surface area contributed by atoms with Crippen LogP contribution in [0.1, 0.15) is 32.1 Å². The highest BCUT2D eigenvalue weighted by Gasteiger charge is 2.33. The normalized spacial score (nSPS) is 29.5. The number of halogens is 2. The van der Waals surface area contributed by atoms with Gasteiger partial charge in [0, 0.05) is 37.4 Å². The first-order chi connectivity index (χ1) is 8.85. The monoisotopic (exact) mass is 292 g/mol. The molecule has 2 fully saturated rings. The standard InChI is InChI=1S/C14H26Cl2N2/c15-6-10-17(11-7-16)12-13-4-3-9-18-8-2-1-5-14(13)18/h13-14H,1-12H2/t13-,14+/m0/s1. The van der Waals surface area contributed by atoms with Crippen LogP contribution in [0, 0.1) is 5.92 Å². The van der Waals surface area contributed by atoms with E-state index in [-0.39, 0.29) is 0 Å². The zero-order valence-electron chi connectivity index (χ0n) is 11.3. The van der Waals surface area contributed by atoms with Gasteiger partial charge in [0.2, 0.25) is 0 Å². The number of hydrogen-bond acceptors (Lipinski definition) is 2. The van der Waals surface area contributed by atoms with E-state index < -0.39 is 0 Å². The molecule has 2 aliphatic rings. The van der Waals surface area contributed by atoms with Crippen molar-refractivity contribution < 1.29 is 0 Å². The van der Waals surface area contributed by atoms with E-state index in [1.54, 1.807) is 0 Å². The fraction of sp³-hybridized carbons (Fsp3) is 1.00. The molecule has 2 nitrogen and oxygen atoms in total. The third-order valence-corrected chi connectivity index (χ3v) is 4.86. The van der Waals surface area contributed by atoms with Gasteiger partial charge in [0.05, 0.1) is 0 Å². The van der Waals surface area contributed by atoms with Gasteiger partial charge in [-0.15, -0.1) is 23.2 Å². The third-order valence-electron chi connectivity index (χ3n) is 4.52. The first-order valence-corrected chi connectivity index (χ1v) is 8.50. The van der Waals surface area contributed by atoms with E-state index in [1.807, 2.05) is 0 Å². The Balaban J connectivity index is 1.88. The minimum atomic E-state index is 0.720. The van der Waals surface area contributed by atoms with Gasteiger partial charge in [-0.2, -0.15) is 0 Å². The molecule has 0 spiro atoms. The van der Waals surface area contributed by atoms with Crippen LogP contribution >= 0.6 is 23.2 Å². The molecule has 0 aromatic carbocycles. The van der Waals surface area contributed by atoms with Gasteiger partial charge in [-0.25, -0.2) is 0 Å². The van der Waals surface area contributed by atoms with Gasteiger partial charge in [-0.05, 0) is 44.7 Å². The lowest BCUT2D eigenvalue weighted by molar-refractivity contribution is 0.0424. The van der Waals surface area contributed by atoms with Gasteiger partial charge >= 0.3 is 0 Å². The summed E-state index contributed by atoms with van der Waals surface area (Å²) in [6.45, 7) is 5.81. The molecule has 0 radical (unpaired) electrons. The second-order valence-corrected chi connectivity index (χ2v) is 6.44. The van der Waals surface area contributed by atoms with Gasteiger partial charge in [-0.1, -0.05) is 6.42 Å². The maximum Gasteiger partial charge on any atom is 0.0351 e. The molecule has 106 valence electrons. The molecule has 2 aliphatic heterocycles. The first kappa shape index (κ1) is 14.9. The van der Waals surface area contributed by atoms with Crippen molar-refractivity contribution in [3.63, 3.8) is 0 Å². The van der Waals surface area contributed by atoms with E-state index >= 15 is 0 Å². The number of rotatable bonds is 6. The summed E-state index contributed by atoms with van der Waals surface area (Å²) in [5.74, 6) is 2.28. The van der Waals surface area contributed by atoms with Crippen molar-refractivity contribution in [2.24, 2.45) is 5.92 Å². The molecule has 18 heavy (non-hydrogen) atoms. The lowest BCUT2D eigenvalue weighted by atomic mass is 9.83. The van der Waals surface area contributed by atoms with Crippen LogP contribution in [0.5, 0.6) is 0 Å². The fourth-order valence-corrected chi connectivity index (χ4v) is 4.13. The van der Waals surface area contributed by atoms with E-state index in [2.05, 4.69) is 9.80 Å². The molecule has 0 aromatic heterocycles. The first-order valence-electron chi connectivity index (χ1n) is 7.43. The van der Waals surface area contributed by atoms with Crippen LogP contribution in [0.25, 0.3) is 0 Å². The van der Waals surface area contributed by atoms with Gasteiger partial charge in [0.25, 0.3) is 0 Å². The zero-order chi connectivity index (χ0) is 12.8. The summed E-state index contributed by atoms with van der Waals surface area (Å²) in [4.78, 5) is 5.19. The predicted octanol–water partition coefficient (Wildman–Crippen LogP) is 3.03. The van der Waals surface area contributed by atoms with E-state index in [1.165, 1.54) is 51.7 Å². The number of fused-ring (bicyclic) bond motifs is 1. The molecule has 0 N–H and O–H groups in total. The quantitative estimate of drug-likeness (QED) is 0.695. The van der Waals surface area contributed by atoms with Crippen LogP contribution in [-0.4, -0.2) is 60.3 Å². The lowest BCUT2D eigenvalue weighted by Crippen LogP contribution is -2.51. The minimum Gasteiger partial charge on any atom is -0.301 e. The SMILES string of the molecule is ClCCN(CCCl)C[C@@H]1CCCN2CCCC[C@H]12. The number of alkyl halides is 2. The van der Waals surface area contributed by atoms with Crippen LogP contribution in [0.4, 0.5) is 0 Å². The molecule has 0 saturated carbocycles. The Kier molecular flexibility index (Phi) is 6.57. The largest absolute Gasteiger partial charge is 0.301 e. The molecule has 0 bridgehead atoms. The van der Waals surface area contributed by atoms with Crippen LogP contribution in [0.15, 0.2) is 0 Å². The van der Waals surface area contributed by atoms with E-state index in [0.717, 1.165) is 36.8 Å². The molecular formula is C14H26Cl2N2. The van der Waals surface area contributed by atoms with Crippen molar-refractivity contribution in [1.82, 2.24) is 9.80 Å². The molecule has 0 amide bonds. The maximum atomic E-state index is 5.89. The Morgan fingerprint density at radius 1 is 0.944 bits per heavy atom. The van der Waals surface area contributed by atoms with Gasteiger partial charge in [-0.3, -0.25) is 0 Å². The summed E-state index contributed by atoms with van der Waals surface area (Å²) in [5.41, 5.74) is 0. The summed E-state index contributed by atoms with van der Waals surface area (Å²) < 4.78 is 0. The van der Waals surface area contributed by atoms with Crippen molar-refractivity contribution >= 4 is 23.2 Å². The van der Waals surface area contributed by atoms with Crippen molar-refractivity contribution in [3.05, 3.63) is 0 Å². The Bertz CT molecular complexity index is 230. The number of piperidine rings is 2. The summed E-state index contributed by atoms with van der Waals surface area (Å²) >= 11 is 11.8. The maximum absolute atomic E-state index is 5.89. The zero-order valence-corrected chi connectivity index (χ0v) is 12.8. The molecule has 2 saturated heterocycles. The predicted molar refractivity (Wildman–Crippen MR) is 79.8 cm³/mol. The van der Waals surface area contributed by atoms with Gasteiger partial charge in [0.15, 0.2) is 0 Å². The average molecular weight is 293 g/mol. The molecule has 2 atom stereocenters. The molecule has 4 heteroatoms. The molecule has 0 aliphatic carbocycles. The highest BCUT2D eigenvalue weighted by Crippen LogP contribution is 2.31. The lowest BCUT2D eigenvalue weighted by Gasteiger charge is -2.45. The Labute approximate surface area is 122 Å². The molecule has 2 heterocycles. The second kappa shape index (κ2) is 7.94. The summed E-state index contributed by atoms with van der Waals surface area (Å²) in [6, 6.07) is 0.834. The topological polar surface area (TPSA) is 6.48 Å². The number of nitrogens with zero attached hydrogens (tertiary/aromatic N) is 2. The fourth-order valence-electron chi connectivity index (χ4n) is 3.66. The average Bonchev–Trinajstić information content (AvgIpc) is 2.40. The van der Waals surface area contributed by atoms with Crippen molar-refractivity contribution in [3.8, 4) is 0 Å². The van der Waals surface area contributed by atoms with Crippen LogP contribution in [-0.2, 0) is 0 Å². The summed E-state index contributed by atoms with van der Waals surface area (Å²) in [6.07, 6.45) is 6.98. The molecule has 0 unspecified atom stereocenters. The third kappa shape index (κ3) is 4.00. The second-order valence-electron chi connectivity index (χ2n) is 5.68. The Hall–Kier alpha value is 0.500. The van der Waals surface area contributed by atoms with Crippen LogP contribution in [0.3, 0.4) is 0 Å². The Morgan fingerprint density at radius 3 is 2.39 bits per heavy atom. The minimum absolute atomic E-state index is 0.720. The Morgan fingerprint density at radius 2 is 1.67 bits per heavy atom. The van der Waals surface area contributed by atoms with Gasteiger partial charge in [0.1, 0.15) is 0 Å². The van der Waals surface area contributed by atoms with Crippen LogP contribution < -0.4 is 0 Å². The highest BCUT2D eigenvalue weighted by atomic mass is 35.5. The van der Waals surface area contributed by atoms with Crippen molar-refractivity contribution in [2.45, 2.75) is 38.1 Å². The molecular weight excluding hydrogens is 267 g/mol. The van der Waals surface area contributed by atoms with Gasteiger partial charge < -0.3 is 9.80 Å². The van der Waals surface area contributed by atoms with E-state index in [9.17, 15) is 0 Å². The van der Waals surface area contributed by atoms with E-state index in [4.69, 9.17) is 23.2 Å². The summed E-state index contributed by atoms with van der Waals surface area (Å²) in [7, 11) is 0. The number of hydrogen-bond donors (Lipinski definition) is 0. The van der Waals surface area contributed by atoms with Crippen LogP contribution in [0.2, 0.25) is 0 Å². The highest BCUT2D eigenvalue weighted by molar-refractivity contribution is 6.18. The van der Waals surface area contributed by atoms with Crippen molar-refractivity contribution in [1.29, 1.82) is 0 Å². The molecule has 2 rings (SSSR count). The summed E-state index contributed by atoms with van der Waals surface area (Å²) in [5, 5.41) is 0. The molecule has 0 aromatic rings. The van der Waals surface area contributed by atoms with Crippen molar-refractivity contribution in [2.75, 3.05) is 44.5 Å².